The van der Waals surface area contributed by atoms with Gasteiger partial charge in [-0.05, 0) is 71.2 Å². The maximum Gasteiger partial charge on any atom is 0.416 e. The van der Waals surface area contributed by atoms with E-state index < -0.39 is 25.6 Å². The molecule has 0 amide bonds. The summed E-state index contributed by atoms with van der Waals surface area (Å²) >= 11 is 0. The molecule has 2 nitrogen and oxygen atoms in total. The molecule has 0 atom stereocenters. The average Bonchev–Trinajstić information content (AvgIpc) is 3.02. The molecule has 5 aromatic rings. The van der Waals surface area contributed by atoms with Gasteiger partial charge in [0, 0.05) is 12.0 Å². The number of alkyl halides is 3. The van der Waals surface area contributed by atoms with E-state index in [4.69, 9.17) is 4.74 Å². The molecule has 6 heteroatoms. The van der Waals surface area contributed by atoms with E-state index in [1.165, 1.54) is 12.1 Å². The van der Waals surface area contributed by atoms with Crippen LogP contribution in [0.15, 0.2) is 139 Å². The van der Waals surface area contributed by atoms with Gasteiger partial charge in [0.25, 0.3) is 0 Å². The SMILES string of the molecule is CCOC(=O)/C(=C/c1ccccc1)Cc1ccccc1-c1cc(C(F)(F)F)ccc1P(c1ccccc1)c1ccccc1. The molecule has 0 N–H and O–H groups in total. The molecule has 216 valence electrons. The fourth-order valence-electron chi connectivity index (χ4n) is 5.00. The second-order valence-corrected chi connectivity index (χ2v) is 12.1. The fraction of sp³-hybridized carbons (Fsp3) is 0.108. The van der Waals surface area contributed by atoms with E-state index in [-0.39, 0.29) is 13.0 Å². The van der Waals surface area contributed by atoms with Crippen molar-refractivity contribution in [2.45, 2.75) is 19.5 Å². The predicted octanol–water partition coefficient (Wildman–Crippen LogP) is 8.32. The van der Waals surface area contributed by atoms with Crippen LogP contribution in [0.4, 0.5) is 13.2 Å². The van der Waals surface area contributed by atoms with Gasteiger partial charge >= 0.3 is 12.1 Å². The van der Waals surface area contributed by atoms with Crippen LogP contribution in [0.2, 0.25) is 0 Å². The van der Waals surface area contributed by atoms with Crippen LogP contribution >= 0.6 is 7.92 Å². The molecule has 43 heavy (non-hydrogen) atoms. The zero-order chi connectivity index (χ0) is 30.2. The molecule has 0 fully saturated rings. The van der Waals surface area contributed by atoms with Crippen molar-refractivity contribution in [3.8, 4) is 11.1 Å². The molecule has 0 bridgehead atoms. The van der Waals surface area contributed by atoms with Gasteiger partial charge in [0.2, 0.25) is 0 Å². The Labute approximate surface area is 251 Å². The molecular weight excluding hydrogens is 564 g/mol. The Morgan fingerprint density at radius 1 is 0.721 bits per heavy atom. The molecule has 0 saturated carbocycles. The maximum absolute atomic E-state index is 14.1. The van der Waals surface area contributed by atoms with Crippen molar-refractivity contribution >= 4 is 35.9 Å². The number of esters is 1. The molecule has 0 heterocycles. The Morgan fingerprint density at radius 3 is 1.86 bits per heavy atom. The van der Waals surface area contributed by atoms with Crippen molar-refractivity contribution in [2.75, 3.05) is 6.61 Å². The minimum Gasteiger partial charge on any atom is -0.463 e. The van der Waals surface area contributed by atoms with Crippen LogP contribution in [0.25, 0.3) is 17.2 Å². The fourth-order valence-corrected chi connectivity index (χ4v) is 7.45. The lowest BCUT2D eigenvalue weighted by Gasteiger charge is -2.24. The quantitative estimate of drug-likeness (QED) is 0.0975. The monoisotopic (exact) mass is 594 g/mol. The predicted molar refractivity (Wildman–Crippen MR) is 170 cm³/mol. The van der Waals surface area contributed by atoms with Crippen LogP contribution in [0, 0.1) is 0 Å². The Kier molecular flexibility index (Phi) is 9.54. The topological polar surface area (TPSA) is 26.3 Å². The molecule has 5 aromatic carbocycles. The number of rotatable bonds is 9. The highest BCUT2D eigenvalue weighted by Crippen LogP contribution is 2.41. The Balaban J connectivity index is 1.71. The number of carbonyl (C=O) groups is 1. The first-order valence-corrected chi connectivity index (χ1v) is 15.3. The first-order chi connectivity index (χ1) is 20.8. The van der Waals surface area contributed by atoms with Gasteiger partial charge in [-0.15, -0.1) is 0 Å². The third kappa shape index (κ3) is 7.31. The lowest BCUT2D eigenvalue weighted by atomic mass is 9.93. The molecule has 0 aliphatic carbocycles. The molecule has 0 unspecified atom stereocenters. The number of benzene rings is 5. The van der Waals surface area contributed by atoms with Crippen molar-refractivity contribution in [3.05, 3.63) is 156 Å². The van der Waals surface area contributed by atoms with Crippen LogP contribution in [0.3, 0.4) is 0 Å². The third-order valence-corrected chi connectivity index (χ3v) is 9.46. The molecule has 5 rings (SSSR count). The summed E-state index contributed by atoms with van der Waals surface area (Å²) in [6.07, 6.45) is -2.55. The van der Waals surface area contributed by atoms with Crippen LogP contribution in [-0.2, 0) is 22.1 Å². The van der Waals surface area contributed by atoms with Crippen LogP contribution in [0.1, 0.15) is 23.6 Å². The Bertz CT molecular complexity index is 1660. The summed E-state index contributed by atoms with van der Waals surface area (Å²) in [5, 5.41) is 2.86. The Morgan fingerprint density at radius 2 is 1.28 bits per heavy atom. The number of hydrogen-bond acceptors (Lipinski definition) is 2. The van der Waals surface area contributed by atoms with Gasteiger partial charge in [-0.25, -0.2) is 4.79 Å². The number of halogens is 3. The highest BCUT2D eigenvalue weighted by atomic mass is 31.1. The van der Waals surface area contributed by atoms with Crippen LogP contribution < -0.4 is 15.9 Å². The molecule has 0 spiro atoms. The molecule has 0 aromatic heterocycles. The van der Waals surface area contributed by atoms with Gasteiger partial charge in [-0.3, -0.25) is 0 Å². The Hall–Kier alpha value is -4.47. The summed E-state index contributed by atoms with van der Waals surface area (Å²) in [6.45, 7) is 1.96. The first kappa shape index (κ1) is 30.0. The average molecular weight is 595 g/mol. The molecule has 0 aliphatic rings. The molecular formula is C37H30F3O2P. The summed E-state index contributed by atoms with van der Waals surface area (Å²) in [6, 6.07) is 40.6. The third-order valence-electron chi connectivity index (χ3n) is 6.96. The van der Waals surface area contributed by atoms with Crippen molar-refractivity contribution in [2.24, 2.45) is 0 Å². The zero-order valence-electron chi connectivity index (χ0n) is 23.6. The van der Waals surface area contributed by atoms with Crippen molar-refractivity contribution in [3.63, 3.8) is 0 Å². The highest BCUT2D eigenvalue weighted by molar-refractivity contribution is 7.80. The minimum absolute atomic E-state index is 0.189. The summed E-state index contributed by atoms with van der Waals surface area (Å²) < 4.78 is 47.8. The van der Waals surface area contributed by atoms with E-state index >= 15 is 0 Å². The summed E-state index contributed by atoms with van der Waals surface area (Å²) in [7, 11) is -1.20. The van der Waals surface area contributed by atoms with E-state index in [9.17, 15) is 18.0 Å². The number of carbonyl (C=O) groups excluding carboxylic acids is 1. The number of hydrogen-bond donors (Lipinski definition) is 0. The summed E-state index contributed by atoms with van der Waals surface area (Å²) in [5.41, 5.74) is 2.40. The maximum atomic E-state index is 14.1. The molecule has 0 aliphatic heterocycles. The van der Waals surface area contributed by atoms with Gasteiger partial charge in [-0.2, -0.15) is 13.2 Å². The summed E-state index contributed by atoms with van der Waals surface area (Å²) in [5.74, 6) is -0.457. The minimum atomic E-state index is -4.52. The van der Waals surface area contributed by atoms with Crippen molar-refractivity contribution in [1.82, 2.24) is 0 Å². The van der Waals surface area contributed by atoms with Crippen molar-refractivity contribution in [1.29, 1.82) is 0 Å². The van der Waals surface area contributed by atoms with E-state index in [1.807, 2.05) is 115 Å². The second-order valence-electron chi connectivity index (χ2n) is 9.87. The standard InChI is InChI=1S/C37H30F3O2P/c1-2-42-36(41)29(24-27-14-6-3-7-15-27)25-28-16-12-13-21-33(28)34-26-30(37(38,39)40)22-23-35(34)43(31-17-8-4-9-18-31)32-19-10-5-11-20-32/h3-24,26H,2,25H2,1H3/b29-24+. The molecule has 0 saturated heterocycles. The summed E-state index contributed by atoms with van der Waals surface area (Å²) in [4.78, 5) is 13.1. The molecule has 0 radical (unpaired) electrons. The van der Waals surface area contributed by atoms with E-state index in [0.29, 0.717) is 16.7 Å². The highest BCUT2D eigenvalue weighted by Gasteiger charge is 2.32. The van der Waals surface area contributed by atoms with Gasteiger partial charge in [0.05, 0.1) is 12.2 Å². The second kappa shape index (κ2) is 13.7. The lowest BCUT2D eigenvalue weighted by molar-refractivity contribution is -0.139. The zero-order valence-corrected chi connectivity index (χ0v) is 24.5. The van der Waals surface area contributed by atoms with Crippen LogP contribution in [0.5, 0.6) is 0 Å². The van der Waals surface area contributed by atoms with Gasteiger partial charge in [0.15, 0.2) is 0 Å². The van der Waals surface area contributed by atoms with E-state index in [1.54, 1.807) is 19.1 Å². The van der Waals surface area contributed by atoms with E-state index in [0.717, 1.165) is 27.0 Å². The van der Waals surface area contributed by atoms with Gasteiger partial charge in [-0.1, -0.05) is 121 Å². The van der Waals surface area contributed by atoms with E-state index in [2.05, 4.69) is 0 Å². The first-order valence-electron chi connectivity index (χ1n) is 14.0. The van der Waals surface area contributed by atoms with Gasteiger partial charge < -0.3 is 4.74 Å². The largest absolute Gasteiger partial charge is 0.463 e. The normalized spacial score (nSPS) is 11.9. The van der Waals surface area contributed by atoms with Crippen molar-refractivity contribution < 1.29 is 22.7 Å². The smallest absolute Gasteiger partial charge is 0.416 e. The lowest BCUT2D eigenvalue weighted by Crippen LogP contribution is -2.23. The van der Waals surface area contributed by atoms with Crippen LogP contribution in [-0.4, -0.2) is 12.6 Å². The van der Waals surface area contributed by atoms with Gasteiger partial charge in [0.1, 0.15) is 0 Å². The number of ether oxygens (including phenoxy) is 1.